The Bertz CT molecular complexity index is 1640. The second kappa shape index (κ2) is 8.65. The van der Waals surface area contributed by atoms with Gasteiger partial charge in [-0.15, -0.1) is 0 Å². The Kier molecular flexibility index (Phi) is 6.06. The van der Waals surface area contributed by atoms with E-state index in [1.807, 2.05) is 0 Å². The number of benzene rings is 2. The second-order valence-corrected chi connectivity index (χ2v) is 9.20. The van der Waals surface area contributed by atoms with Crippen LogP contribution in [-0.4, -0.2) is 23.0 Å². The Morgan fingerprint density at radius 3 is 2.17 bits per heavy atom. The average molecular weight is 524 g/mol. The van der Waals surface area contributed by atoms with Crippen molar-refractivity contribution in [2.45, 2.75) is 24.2 Å². The minimum absolute atomic E-state index is 0.0208. The van der Waals surface area contributed by atoms with Crippen LogP contribution in [0.15, 0.2) is 59.6 Å². The zero-order chi connectivity index (χ0) is 26.5. The number of halogens is 6. The van der Waals surface area contributed by atoms with E-state index in [0.717, 1.165) is 30.5 Å². The molecule has 2 aromatic heterocycles. The van der Waals surface area contributed by atoms with Gasteiger partial charge in [0.05, 0.1) is 27.9 Å². The topological polar surface area (TPSA) is 90.3 Å². The van der Waals surface area contributed by atoms with E-state index in [1.165, 1.54) is 25.1 Å². The number of hydrogen-bond donors (Lipinski definition) is 1. The van der Waals surface area contributed by atoms with Crippen molar-refractivity contribution >= 4 is 15.7 Å². The lowest BCUT2D eigenvalue weighted by Crippen LogP contribution is -2.14. The molecule has 0 fully saturated rings. The highest BCUT2D eigenvalue weighted by Gasteiger charge is 2.36. The van der Waals surface area contributed by atoms with E-state index >= 15 is 0 Å². The molecule has 2 aromatic carbocycles. The molecule has 0 aliphatic carbocycles. The molecule has 4 aromatic rings. The van der Waals surface area contributed by atoms with Crippen molar-refractivity contribution in [2.75, 3.05) is 0 Å². The van der Waals surface area contributed by atoms with E-state index < -0.39 is 33.6 Å². The summed E-state index contributed by atoms with van der Waals surface area (Å²) >= 11 is 0. The lowest BCUT2D eigenvalue weighted by Gasteiger charge is -2.12. The average Bonchev–Trinajstić information content (AvgIpc) is 3.19. The fourth-order valence-electron chi connectivity index (χ4n) is 3.35. The molecule has 0 radical (unpaired) electrons. The maximum Gasteiger partial charge on any atom is 0.433 e. The van der Waals surface area contributed by atoms with Crippen molar-refractivity contribution in [1.29, 1.82) is 0 Å². The molecule has 0 saturated heterocycles. The third-order valence-electron chi connectivity index (χ3n) is 5.11. The first-order valence-electron chi connectivity index (χ1n) is 9.94. The quantitative estimate of drug-likeness (QED) is 0.302. The summed E-state index contributed by atoms with van der Waals surface area (Å²) in [6.45, 7) is 1.54. The number of aryl methyl sites for hydroxylation is 1. The number of hydrogen-bond acceptors (Lipinski definition) is 4. The van der Waals surface area contributed by atoms with Crippen LogP contribution in [0.2, 0.25) is 0 Å². The molecule has 0 aliphatic heterocycles. The maximum absolute atomic E-state index is 13.7. The number of sulfonamides is 1. The second-order valence-electron chi connectivity index (χ2n) is 7.67. The molecule has 0 spiro atoms. The molecular weight excluding hydrogens is 510 g/mol. The normalized spacial score (nSPS) is 12.4. The Morgan fingerprint density at radius 2 is 1.58 bits per heavy atom. The minimum atomic E-state index is -4.86. The minimum Gasteiger partial charge on any atom is -0.227 e. The summed E-state index contributed by atoms with van der Waals surface area (Å²) in [4.78, 5) is 4.00. The van der Waals surface area contributed by atoms with Crippen LogP contribution in [0.5, 0.6) is 0 Å². The van der Waals surface area contributed by atoms with Crippen LogP contribution < -0.4 is 5.14 Å². The number of nitrogens with two attached hydrogens (primary N) is 1. The number of alkyl halides is 6. The molecule has 6 nitrogen and oxygen atoms in total. The van der Waals surface area contributed by atoms with E-state index in [0.29, 0.717) is 16.1 Å². The predicted molar refractivity (Wildman–Crippen MR) is 117 cm³/mol. The summed E-state index contributed by atoms with van der Waals surface area (Å²) in [6.07, 6.45) is -8.42. The van der Waals surface area contributed by atoms with E-state index in [1.54, 1.807) is 0 Å². The van der Waals surface area contributed by atoms with Gasteiger partial charge >= 0.3 is 12.4 Å². The van der Waals surface area contributed by atoms with Crippen molar-refractivity contribution < 1.29 is 34.8 Å². The number of aromatic nitrogens is 3. The van der Waals surface area contributed by atoms with Crippen LogP contribution in [-0.2, 0) is 22.4 Å². The highest BCUT2D eigenvalue weighted by molar-refractivity contribution is 7.89. The number of rotatable bonds is 2. The molecule has 4 rings (SSSR count). The lowest BCUT2D eigenvalue weighted by molar-refractivity contribution is -0.142. The molecule has 2 N–H and O–H groups in total. The highest BCUT2D eigenvalue weighted by atomic mass is 32.2. The molecule has 0 aliphatic rings. The number of nitrogens with zero attached hydrogens (tertiary/aromatic N) is 3. The van der Waals surface area contributed by atoms with Gasteiger partial charge in [-0.05, 0) is 42.8 Å². The third kappa shape index (κ3) is 5.05. The van der Waals surface area contributed by atoms with Crippen LogP contribution in [0.3, 0.4) is 0 Å². The lowest BCUT2D eigenvalue weighted by atomic mass is 10.1. The fourth-order valence-corrected chi connectivity index (χ4v) is 4.16. The van der Waals surface area contributed by atoms with Gasteiger partial charge in [-0.25, -0.2) is 23.1 Å². The van der Waals surface area contributed by atoms with Gasteiger partial charge in [-0.1, -0.05) is 30.0 Å². The van der Waals surface area contributed by atoms with E-state index in [9.17, 15) is 34.8 Å². The number of fused-ring (bicyclic) bond motifs is 1. The van der Waals surface area contributed by atoms with Crippen molar-refractivity contribution in [3.05, 3.63) is 82.7 Å². The zero-order valence-electron chi connectivity index (χ0n) is 18.1. The van der Waals surface area contributed by atoms with Crippen molar-refractivity contribution in [2.24, 2.45) is 5.14 Å². The first-order valence-corrected chi connectivity index (χ1v) is 11.5. The van der Waals surface area contributed by atoms with Gasteiger partial charge in [-0.2, -0.15) is 31.4 Å². The standard InChI is InChI=1S/C23H14F6N4O2S/c1-13-2-3-14(10-19(13)36(30,34)35)4-5-16-12-31-33-20(23(27,28)29)11-18(32-21(16)33)15-6-8-17(9-7-15)22(24,25)26/h2-3,6-12H,1H3,(H2,30,34,35). The summed E-state index contributed by atoms with van der Waals surface area (Å²) < 4.78 is 104. The van der Waals surface area contributed by atoms with Gasteiger partial charge in [0.2, 0.25) is 10.0 Å². The van der Waals surface area contributed by atoms with Crippen molar-refractivity contribution in [1.82, 2.24) is 14.6 Å². The van der Waals surface area contributed by atoms with Crippen LogP contribution >= 0.6 is 0 Å². The molecule has 0 atom stereocenters. The van der Waals surface area contributed by atoms with Crippen LogP contribution in [0.4, 0.5) is 26.3 Å². The van der Waals surface area contributed by atoms with E-state index in [4.69, 9.17) is 5.14 Å². The molecule has 0 bridgehead atoms. The Balaban J connectivity index is 1.85. The molecule has 186 valence electrons. The van der Waals surface area contributed by atoms with E-state index in [-0.39, 0.29) is 32.9 Å². The number of primary sulfonamides is 1. The summed E-state index contributed by atoms with van der Waals surface area (Å²) in [5.41, 5.74) is -2.08. The Labute approximate surface area is 200 Å². The Morgan fingerprint density at radius 1 is 0.917 bits per heavy atom. The van der Waals surface area contributed by atoms with Gasteiger partial charge in [-0.3, -0.25) is 0 Å². The molecular formula is C23H14F6N4O2S. The monoisotopic (exact) mass is 524 g/mol. The van der Waals surface area contributed by atoms with Crippen LogP contribution in [0.25, 0.3) is 16.9 Å². The van der Waals surface area contributed by atoms with Gasteiger partial charge in [0.25, 0.3) is 0 Å². The molecule has 36 heavy (non-hydrogen) atoms. The van der Waals surface area contributed by atoms with Crippen molar-refractivity contribution in [3.8, 4) is 23.1 Å². The predicted octanol–water partition coefficient (Wildman–Crippen LogP) is 4.79. The molecule has 2 heterocycles. The van der Waals surface area contributed by atoms with Gasteiger partial charge in [0.1, 0.15) is 0 Å². The third-order valence-corrected chi connectivity index (χ3v) is 6.16. The van der Waals surface area contributed by atoms with Gasteiger partial charge in [0.15, 0.2) is 11.3 Å². The smallest absolute Gasteiger partial charge is 0.227 e. The van der Waals surface area contributed by atoms with Gasteiger partial charge in [0, 0.05) is 11.1 Å². The summed E-state index contributed by atoms with van der Waals surface area (Å²) in [6, 6.07) is 8.41. The van der Waals surface area contributed by atoms with Crippen LogP contribution in [0, 0.1) is 18.8 Å². The maximum atomic E-state index is 13.7. The highest BCUT2D eigenvalue weighted by Crippen LogP contribution is 2.34. The molecule has 0 unspecified atom stereocenters. The molecule has 0 saturated carbocycles. The first kappa shape index (κ1) is 25.2. The summed E-state index contributed by atoms with van der Waals surface area (Å²) in [7, 11) is -4.03. The van der Waals surface area contributed by atoms with Crippen molar-refractivity contribution in [3.63, 3.8) is 0 Å². The van der Waals surface area contributed by atoms with Crippen LogP contribution in [0.1, 0.15) is 27.9 Å². The fraction of sp³-hybridized carbons (Fsp3) is 0.130. The molecule has 0 amide bonds. The van der Waals surface area contributed by atoms with E-state index in [2.05, 4.69) is 21.9 Å². The summed E-state index contributed by atoms with van der Waals surface area (Å²) in [5, 5.41) is 8.90. The SMILES string of the molecule is Cc1ccc(C#Cc2cnn3c(C(F)(F)F)cc(-c4ccc(C(F)(F)F)cc4)nc23)cc1S(N)(=O)=O. The first-order chi connectivity index (χ1) is 16.6. The van der Waals surface area contributed by atoms with Gasteiger partial charge < -0.3 is 0 Å². The molecule has 13 heteroatoms. The zero-order valence-corrected chi connectivity index (χ0v) is 18.9. The largest absolute Gasteiger partial charge is 0.433 e. The Hall–Kier alpha value is -3.89. The summed E-state index contributed by atoms with van der Waals surface area (Å²) in [5.74, 6) is 5.27.